The minimum Gasteiger partial charge on any atom is -0.490 e. The summed E-state index contributed by atoms with van der Waals surface area (Å²) in [6.07, 6.45) is 1.23. The van der Waals surface area contributed by atoms with Crippen LogP contribution in [0, 0.1) is 23.5 Å². The molecule has 1 saturated heterocycles. The molecule has 34 heavy (non-hydrogen) atoms. The maximum atomic E-state index is 15.3. The van der Waals surface area contributed by atoms with Gasteiger partial charge in [-0.15, -0.1) is 0 Å². The van der Waals surface area contributed by atoms with Crippen LogP contribution in [0.15, 0.2) is 41.3 Å². The Morgan fingerprint density at radius 1 is 1.03 bits per heavy atom. The molecular weight excluding hydrogens is 508 g/mol. The van der Waals surface area contributed by atoms with Crippen molar-refractivity contribution in [2.45, 2.75) is 35.3 Å². The van der Waals surface area contributed by atoms with Gasteiger partial charge in [0.2, 0.25) is 10.0 Å². The number of rotatable bonds is 5. The first-order valence-corrected chi connectivity index (χ1v) is 14.6. The molecule has 0 amide bonds. The molecule has 184 valence electrons. The van der Waals surface area contributed by atoms with Crippen LogP contribution in [0.1, 0.15) is 31.2 Å². The van der Waals surface area contributed by atoms with Crippen molar-refractivity contribution in [3.05, 3.63) is 58.6 Å². The third-order valence-corrected chi connectivity index (χ3v) is 12.3. The van der Waals surface area contributed by atoms with Gasteiger partial charge in [-0.25, -0.2) is 29.9 Å². The summed E-state index contributed by atoms with van der Waals surface area (Å²) in [7, 11) is -7.69. The molecule has 0 radical (unpaired) electrons. The number of sulfone groups is 1. The molecule has 1 saturated carbocycles. The topological polar surface area (TPSA) is 80.8 Å². The quantitative estimate of drug-likeness (QED) is 0.579. The Morgan fingerprint density at radius 2 is 1.71 bits per heavy atom. The van der Waals surface area contributed by atoms with Crippen LogP contribution in [0.5, 0.6) is 5.75 Å². The fraction of sp³-hybridized carbons (Fsp3) is 0.478. The van der Waals surface area contributed by atoms with Crippen LogP contribution in [-0.4, -0.2) is 46.6 Å². The van der Waals surface area contributed by atoms with Crippen molar-refractivity contribution in [2.75, 3.05) is 25.4 Å². The van der Waals surface area contributed by atoms with Crippen molar-refractivity contribution in [2.24, 2.45) is 11.8 Å². The van der Waals surface area contributed by atoms with Crippen molar-refractivity contribution in [3.8, 4) is 5.75 Å². The Bertz CT molecular complexity index is 1330. The fourth-order valence-corrected chi connectivity index (χ4v) is 9.96. The molecule has 3 aliphatic rings. The predicted octanol–water partition coefficient (Wildman–Crippen LogP) is 4.13. The Kier molecular flexibility index (Phi) is 5.94. The highest BCUT2D eigenvalue weighted by Crippen LogP contribution is 2.57. The van der Waals surface area contributed by atoms with Gasteiger partial charge in [-0.3, -0.25) is 0 Å². The second-order valence-corrected chi connectivity index (χ2v) is 13.9. The lowest BCUT2D eigenvalue weighted by Gasteiger charge is -2.49. The van der Waals surface area contributed by atoms with Crippen LogP contribution < -0.4 is 4.74 Å². The Hall–Kier alpha value is -1.75. The van der Waals surface area contributed by atoms with Crippen molar-refractivity contribution in [3.63, 3.8) is 0 Å². The first-order chi connectivity index (χ1) is 16.1. The number of ether oxygens (including phenoxy) is 1. The van der Waals surface area contributed by atoms with Crippen LogP contribution in [0.25, 0.3) is 0 Å². The van der Waals surface area contributed by atoms with Crippen LogP contribution in [0.3, 0.4) is 0 Å². The monoisotopic (exact) mass is 531 g/mol. The number of halogens is 3. The molecule has 0 N–H and O–H groups in total. The van der Waals surface area contributed by atoms with Crippen LogP contribution in [-0.2, 0) is 24.6 Å². The van der Waals surface area contributed by atoms with E-state index in [0.717, 1.165) is 18.6 Å². The maximum absolute atomic E-state index is 15.3. The molecule has 0 unspecified atom stereocenters. The van der Waals surface area contributed by atoms with Gasteiger partial charge in [-0.05, 0) is 68.0 Å². The number of hydrogen-bond donors (Lipinski definition) is 0. The maximum Gasteiger partial charge on any atom is 0.214 e. The lowest BCUT2D eigenvalue weighted by atomic mass is 9.69. The number of nitrogens with zero attached hydrogens (tertiary/aromatic N) is 1. The van der Waals surface area contributed by atoms with E-state index < -0.39 is 42.2 Å². The molecule has 2 aliphatic heterocycles. The summed E-state index contributed by atoms with van der Waals surface area (Å²) < 4.78 is 88.9. The number of hydrogen-bond acceptors (Lipinski definition) is 5. The second-order valence-electron chi connectivity index (χ2n) is 9.26. The molecule has 2 fully saturated rings. The summed E-state index contributed by atoms with van der Waals surface area (Å²) in [5, 5.41) is 0.345. The van der Waals surface area contributed by atoms with Crippen molar-refractivity contribution >= 4 is 31.5 Å². The highest BCUT2D eigenvalue weighted by molar-refractivity contribution is 7.92. The molecule has 0 spiro atoms. The standard InChI is InChI=1S/C23H24ClF2NO5S2/c24-17-2-4-18(5-3-17)34(30,31)23-9-8-15(14-33(28,29)27-10-1-11-27)12-16(23)13-32-22-20(26)7-6-19(25)21(22)23/h2-7,15-16H,1,8-14H2/t15-,16-,23+/m0/s1. The van der Waals surface area contributed by atoms with Crippen LogP contribution in [0.2, 0.25) is 5.02 Å². The average molecular weight is 532 g/mol. The first kappa shape index (κ1) is 24.0. The summed E-state index contributed by atoms with van der Waals surface area (Å²) in [6, 6.07) is 7.43. The smallest absolute Gasteiger partial charge is 0.214 e. The average Bonchev–Trinajstić information content (AvgIpc) is 2.74. The zero-order valence-electron chi connectivity index (χ0n) is 18.2. The van der Waals surface area contributed by atoms with E-state index in [0.29, 0.717) is 18.1 Å². The van der Waals surface area contributed by atoms with Gasteiger partial charge in [-0.2, -0.15) is 0 Å². The summed E-state index contributed by atoms with van der Waals surface area (Å²) >= 11 is 5.95. The first-order valence-electron chi connectivity index (χ1n) is 11.2. The number of benzene rings is 2. The van der Waals surface area contributed by atoms with Gasteiger partial charge in [0.1, 0.15) is 10.6 Å². The highest BCUT2D eigenvalue weighted by Gasteiger charge is 2.60. The molecule has 3 atom stereocenters. The van der Waals surface area contributed by atoms with Crippen molar-refractivity contribution in [1.29, 1.82) is 0 Å². The lowest BCUT2D eigenvalue weighted by molar-refractivity contribution is 0.103. The third kappa shape index (κ3) is 3.65. The van der Waals surface area contributed by atoms with Crippen molar-refractivity contribution < 1.29 is 30.4 Å². The summed E-state index contributed by atoms with van der Waals surface area (Å²) in [6.45, 7) is 0.836. The third-order valence-electron chi connectivity index (χ3n) is 7.37. The SMILES string of the molecule is O=S(=O)(C[C@H]1CC[C@]2(S(=O)(=O)c3ccc(Cl)cc3)c3c(F)ccc(F)c3OC[C@@H]2C1)N1CCC1. The second kappa shape index (κ2) is 8.43. The van der Waals surface area contributed by atoms with Gasteiger partial charge in [0, 0.05) is 24.0 Å². The van der Waals surface area contributed by atoms with Gasteiger partial charge >= 0.3 is 0 Å². The summed E-state index contributed by atoms with van der Waals surface area (Å²) in [5.41, 5.74) is -0.303. The normalized spacial score (nSPS) is 27.3. The minimum absolute atomic E-state index is 0.0421. The van der Waals surface area contributed by atoms with Gasteiger partial charge in [0.15, 0.2) is 21.4 Å². The van der Waals surface area contributed by atoms with Crippen molar-refractivity contribution in [1.82, 2.24) is 4.31 Å². The molecule has 2 aromatic rings. The van der Waals surface area contributed by atoms with Gasteiger partial charge in [-0.1, -0.05) is 11.6 Å². The zero-order chi connectivity index (χ0) is 24.3. The number of fused-ring (bicyclic) bond motifs is 3. The van der Waals surface area contributed by atoms with E-state index in [4.69, 9.17) is 16.3 Å². The Morgan fingerprint density at radius 3 is 2.35 bits per heavy atom. The van der Waals surface area contributed by atoms with E-state index in [2.05, 4.69) is 0 Å². The predicted molar refractivity (Wildman–Crippen MR) is 123 cm³/mol. The Labute approximate surface area is 202 Å². The van der Waals surface area contributed by atoms with Crippen LogP contribution >= 0.6 is 11.6 Å². The van der Waals surface area contributed by atoms with Gasteiger partial charge in [0.05, 0.1) is 22.8 Å². The minimum atomic E-state index is -4.24. The molecule has 1 aliphatic carbocycles. The molecule has 0 aromatic heterocycles. The number of sulfonamides is 1. The largest absolute Gasteiger partial charge is 0.490 e. The molecular formula is C23H24ClF2NO5S2. The molecule has 11 heteroatoms. The van der Waals surface area contributed by atoms with E-state index in [1.165, 1.54) is 28.6 Å². The summed E-state index contributed by atoms with van der Waals surface area (Å²) in [4.78, 5) is -0.0509. The van der Waals surface area contributed by atoms with Gasteiger partial charge in [0.25, 0.3) is 0 Å². The highest BCUT2D eigenvalue weighted by atomic mass is 35.5. The van der Waals surface area contributed by atoms with E-state index >= 15 is 4.39 Å². The zero-order valence-corrected chi connectivity index (χ0v) is 20.6. The van der Waals surface area contributed by atoms with E-state index in [1.54, 1.807) is 0 Å². The molecule has 6 nitrogen and oxygen atoms in total. The molecule has 2 aromatic carbocycles. The fourth-order valence-electron chi connectivity index (χ4n) is 5.55. The summed E-state index contributed by atoms with van der Waals surface area (Å²) in [5.74, 6) is -3.24. The Balaban J connectivity index is 1.60. The molecule has 0 bridgehead atoms. The van der Waals surface area contributed by atoms with E-state index in [1.807, 2.05) is 0 Å². The van der Waals surface area contributed by atoms with E-state index in [9.17, 15) is 21.2 Å². The lowest BCUT2D eigenvalue weighted by Crippen LogP contribution is -2.53. The van der Waals surface area contributed by atoms with E-state index in [-0.39, 0.29) is 53.7 Å². The molecule has 2 heterocycles. The molecule has 5 rings (SSSR count). The van der Waals surface area contributed by atoms with Gasteiger partial charge < -0.3 is 4.74 Å². The van der Waals surface area contributed by atoms with Crippen LogP contribution in [0.4, 0.5) is 8.78 Å².